The molecular weight excluding hydrogens is 687 g/mol. The van der Waals surface area contributed by atoms with Gasteiger partial charge >= 0.3 is 12.2 Å². The van der Waals surface area contributed by atoms with Crippen molar-refractivity contribution in [3.05, 3.63) is 47.3 Å². The van der Waals surface area contributed by atoms with Crippen molar-refractivity contribution in [2.75, 3.05) is 19.6 Å². The third-order valence-electron chi connectivity index (χ3n) is 9.73. The van der Waals surface area contributed by atoms with E-state index in [1.165, 1.54) is 15.9 Å². The minimum atomic E-state index is -3.93. The Labute approximate surface area is 296 Å². The molecule has 15 nitrogen and oxygen atoms in total. The van der Waals surface area contributed by atoms with E-state index in [1.54, 1.807) is 45.1 Å². The smallest absolute Gasteiger partial charge is 0.410 e. The maximum Gasteiger partial charge on any atom is 0.410 e. The molecule has 278 valence electrons. The van der Waals surface area contributed by atoms with Gasteiger partial charge in [-0.3, -0.25) is 24.0 Å². The number of ether oxygens (including phenoxy) is 2. The number of carbonyl (C=O) groups excluding carboxylic acids is 5. The monoisotopic (exact) mass is 732 g/mol. The Balaban J connectivity index is 1.25. The van der Waals surface area contributed by atoms with Gasteiger partial charge in [0.15, 0.2) is 0 Å². The molecule has 6 rings (SSSR count). The fraction of sp³-hybridized carbons (Fsp3) is 0.618. The summed E-state index contributed by atoms with van der Waals surface area (Å²) < 4.78 is 53.2. The lowest BCUT2D eigenvalue weighted by Crippen LogP contribution is -2.58. The number of nitrogens with one attached hydrogen (secondary N) is 4. The zero-order valence-electron chi connectivity index (χ0n) is 28.9. The molecule has 1 unspecified atom stereocenters. The number of fused-ring (bicyclic) bond motifs is 3. The number of hydrogen-bond acceptors (Lipinski definition) is 10. The van der Waals surface area contributed by atoms with Crippen molar-refractivity contribution in [1.82, 2.24) is 30.5 Å². The van der Waals surface area contributed by atoms with Crippen LogP contribution in [0.25, 0.3) is 0 Å². The molecule has 1 aromatic rings. The number of nitrogens with zero attached hydrogens (tertiary/aromatic N) is 2. The van der Waals surface area contributed by atoms with Crippen molar-refractivity contribution < 1.29 is 46.3 Å². The summed E-state index contributed by atoms with van der Waals surface area (Å²) in [6, 6.07) is 2.23. The molecule has 0 bridgehead atoms. The number of amides is 5. The Morgan fingerprint density at radius 1 is 1.10 bits per heavy atom. The zero-order valence-corrected chi connectivity index (χ0v) is 29.7. The average molecular weight is 733 g/mol. The Bertz CT molecular complexity index is 1730. The van der Waals surface area contributed by atoms with Gasteiger partial charge in [-0.15, -0.1) is 0 Å². The second-order valence-electron chi connectivity index (χ2n) is 14.9. The van der Waals surface area contributed by atoms with Gasteiger partial charge in [-0.25, -0.2) is 22.4 Å². The molecule has 3 aliphatic heterocycles. The highest BCUT2D eigenvalue weighted by Gasteiger charge is 2.62. The van der Waals surface area contributed by atoms with E-state index in [0.717, 1.165) is 0 Å². The van der Waals surface area contributed by atoms with Gasteiger partial charge in [0.1, 0.15) is 35.1 Å². The summed E-state index contributed by atoms with van der Waals surface area (Å²) in [5.41, 5.74) is -1.41. The molecule has 4 N–H and O–H groups in total. The lowest BCUT2D eigenvalue weighted by molar-refractivity contribution is -0.141. The summed E-state index contributed by atoms with van der Waals surface area (Å²) in [4.78, 5) is 70.7. The molecule has 0 spiro atoms. The number of halogens is 1. The van der Waals surface area contributed by atoms with Crippen LogP contribution in [0.3, 0.4) is 0 Å². The van der Waals surface area contributed by atoms with Crippen molar-refractivity contribution in [3.63, 3.8) is 0 Å². The van der Waals surface area contributed by atoms with E-state index in [2.05, 4.69) is 20.7 Å². The second kappa shape index (κ2) is 14.1. The van der Waals surface area contributed by atoms with Gasteiger partial charge in [-0.1, -0.05) is 24.3 Å². The molecule has 17 heteroatoms. The SMILES string of the molecule is CC(C)(C)OC(=O)N[C@H]1CCCNC/C=C\[C@@H]2C[C@@]2(C(=O)NS(=O)(=O)C2CC2)NC(=O)C2C[C@@H](OC(=O)N3Cc4cccc(F)c4C3)CN2C1=O. The van der Waals surface area contributed by atoms with Crippen LogP contribution in [0.2, 0.25) is 0 Å². The van der Waals surface area contributed by atoms with Gasteiger partial charge < -0.3 is 30.3 Å². The number of alkyl carbamates (subject to hydrolysis) is 1. The van der Waals surface area contributed by atoms with Gasteiger partial charge in [-0.2, -0.15) is 0 Å². The first-order valence-corrected chi connectivity index (χ1v) is 18.9. The fourth-order valence-corrected chi connectivity index (χ4v) is 8.19. The Morgan fingerprint density at radius 3 is 2.57 bits per heavy atom. The van der Waals surface area contributed by atoms with E-state index in [-0.39, 0.29) is 38.9 Å². The molecular formula is C34H45FN6O9S. The number of hydrogen-bond donors (Lipinski definition) is 4. The zero-order chi connectivity index (χ0) is 36.7. The van der Waals surface area contributed by atoms with Gasteiger partial charge in [0, 0.05) is 31.0 Å². The van der Waals surface area contributed by atoms with E-state index in [4.69, 9.17) is 9.47 Å². The molecule has 5 amide bonds. The van der Waals surface area contributed by atoms with Crippen molar-refractivity contribution in [1.29, 1.82) is 0 Å². The van der Waals surface area contributed by atoms with E-state index in [1.807, 2.05) is 0 Å². The molecule has 3 heterocycles. The number of sulfonamides is 1. The van der Waals surface area contributed by atoms with Crippen LogP contribution >= 0.6 is 0 Å². The summed E-state index contributed by atoms with van der Waals surface area (Å²) >= 11 is 0. The summed E-state index contributed by atoms with van der Waals surface area (Å²) in [5, 5.41) is 7.95. The largest absolute Gasteiger partial charge is 0.444 e. The first kappa shape index (κ1) is 36.5. The van der Waals surface area contributed by atoms with Gasteiger partial charge in [-0.05, 0) is 71.0 Å². The molecule has 5 atom stereocenters. The molecule has 3 fully saturated rings. The maximum atomic E-state index is 14.4. The predicted octanol–water partition coefficient (Wildman–Crippen LogP) is 1.56. The van der Waals surface area contributed by atoms with Crippen LogP contribution in [0, 0.1) is 11.7 Å². The van der Waals surface area contributed by atoms with Crippen LogP contribution in [0.15, 0.2) is 30.4 Å². The molecule has 2 saturated carbocycles. The standard InChI is InChI=1S/C34H45FN6O9S/c1-33(2,3)50-31(45)37-26-10-6-14-36-13-5-8-21-16-34(21,30(44)39-51(47,48)23-11-12-23)38-28(42)27-15-22(18-41(27)29(26)43)49-32(46)40-17-20-7-4-9-25(35)24(20)19-40/h4-5,7-9,21-23,26-27,36H,6,10-19H2,1-3H3,(H,37,45)(H,38,42)(H,39,44)/b8-5-/t21-,22-,26+,27?,34-/m1/s1. The third kappa shape index (κ3) is 8.29. The predicted molar refractivity (Wildman–Crippen MR) is 180 cm³/mol. The minimum absolute atomic E-state index is 0.00760. The summed E-state index contributed by atoms with van der Waals surface area (Å²) in [7, 11) is -3.93. The average Bonchev–Trinajstić information content (AvgIpc) is 3.93. The molecule has 5 aliphatic rings. The van der Waals surface area contributed by atoms with E-state index in [9.17, 15) is 36.8 Å². The highest BCUT2D eigenvalue weighted by Crippen LogP contribution is 2.46. The minimum Gasteiger partial charge on any atom is -0.444 e. The van der Waals surface area contributed by atoms with Crippen molar-refractivity contribution >= 4 is 39.9 Å². The maximum absolute atomic E-state index is 14.4. The molecule has 1 aromatic carbocycles. The van der Waals surface area contributed by atoms with E-state index < -0.39 is 86.2 Å². The second-order valence-corrected chi connectivity index (χ2v) is 16.9. The quantitative estimate of drug-likeness (QED) is 0.323. The molecule has 1 saturated heterocycles. The first-order chi connectivity index (χ1) is 24.1. The topological polar surface area (TPSA) is 193 Å². The summed E-state index contributed by atoms with van der Waals surface area (Å²) in [6.07, 6.45) is 2.52. The molecule has 0 aromatic heterocycles. The van der Waals surface area contributed by atoms with Crippen LogP contribution in [-0.4, -0.2) is 102 Å². The first-order valence-electron chi connectivity index (χ1n) is 17.3. The summed E-state index contributed by atoms with van der Waals surface area (Å²) in [5.74, 6) is -3.17. The van der Waals surface area contributed by atoms with Crippen molar-refractivity contribution in [3.8, 4) is 0 Å². The number of rotatable bonds is 5. The van der Waals surface area contributed by atoms with Crippen molar-refractivity contribution in [2.45, 2.75) is 107 Å². The van der Waals surface area contributed by atoms with E-state index >= 15 is 0 Å². The molecule has 51 heavy (non-hydrogen) atoms. The van der Waals surface area contributed by atoms with Gasteiger partial charge in [0.2, 0.25) is 21.8 Å². The lowest BCUT2D eigenvalue weighted by atomic mass is 10.1. The van der Waals surface area contributed by atoms with Gasteiger partial charge in [0.05, 0.1) is 18.3 Å². The Hall–Kier alpha value is -4.25. The third-order valence-corrected chi connectivity index (χ3v) is 11.5. The van der Waals surface area contributed by atoms with Crippen molar-refractivity contribution in [2.24, 2.45) is 5.92 Å². The highest BCUT2D eigenvalue weighted by molar-refractivity contribution is 7.91. The highest BCUT2D eigenvalue weighted by atomic mass is 32.2. The van der Waals surface area contributed by atoms with Crippen LogP contribution in [0.4, 0.5) is 14.0 Å². The number of carbonyl (C=O) groups is 5. The van der Waals surface area contributed by atoms with Gasteiger partial charge in [0.25, 0.3) is 5.91 Å². The fourth-order valence-electron chi connectivity index (χ4n) is 6.83. The normalized spacial score (nSPS) is 28.9. The lowest BCUT2D eigenvalue weighted by Gasteiger charge is -2.30. The van der Waals surface area contributed by atoms with Crippen LogP contribution in [0.1, 0.15) is 70.4 Å². The Morgan fingerprint density at radius 2 is 1.86 bits per heavy atom. The number of benzene rings is 1. The van der Waals surface area contributed by atoms with Crippen LogP contribution < -0.4 is 20.7 Å². The van der Waals surface area contributed by atoms with Crippen LogP contribution in [0.5, 0.6) is 0 Å². The molecule has 2 aliphatic carbocycles. The molecule has 0 radical (unpaired) electrons. The Kier molecular flexibility index (Phi) is 10.1. The summed E-state index contributed by atoms with van der Waals surface area (Å²) in [6.45, 7) is 5.84. The van der Waals surface area contributed by atoms with E-state index in [0.29, 0.717) is 43.5 Å². The van der Waals surface area contributed by atoms with Crippen LogP contribution in [-0.2, 0) is 47.0 Å².